The SMILES string of the molecule is Cc1cc(SC(=O)N(C)C)cc2cc(Br)cnc12. The Kier molecular flexibility index (Phi) is 3.92. The fraction of sp³-hybridized carbons (Fsp3) is 0.231. The summed E-state index contributed by atoms with van der Waals surface area (Å²) in [6.45, 7) is 2.01. The van der Waals surface area contributed by atoms with Crippen molar-refractivity contribution in [1.29, 1.82) is 0 Å². The average molecular weight is 325 g/mol. The van der Waals surface area contributed by atoms with Gasteiger partial charge in [0, 0.05) is 35.0 Å². The molecule has 0 aliphatic rings. The van der Waals surface area contributed by atoms with Crippen molar-refractivity contribution in [3.63, 3.8) is 0 Å². The maximum atomic E-state index is 11.7. The van der Waals surface area contributed by atoms with Crippen LogP contribution in [0.25, 0.3) is 10.9 Å². The molecule has 2 aromatic rings. The number of rotatable bonds is 1. The van der Waals surface area contributed by atoms with Crippen LogP contribution in [0.2, 0.25) is 0 Å². The van der Waals surface area contributed by atoms with Crippen LogP contribution in [0.5, 0.6) is 0 Å². The Morgan fingerprint density at radius 2 is 2.06 bits per heavy atom. The number of carbonyl (C=O) groups excluding carboxylic acids is 1. The summed E-state index contributed by atoms with van der Waals surface area (Å²) in [7, 11) is 3.50. The number of pyridine rings is 1. The van der Waals surface area contributed by atoms with E-state index in [-0.39, 0.29) is 5.24 Å². The van der Waals surface area contributed by atoms with E-state index in [1.807, 2.05) is 25.1 Å². The molecule has 0 aliphatic heterocycles. The highest BCUT2D eigenvalue weighted by Crippen LogP contribution is 2.28. The number of carbonyl (C=O) groups is 1. The van der Waals surface area contributed by atoms with Gasteiger partial charge in [0.2, 0.25) is 0 Å². The molecule has 18 heavy (non-hydrogen) atoms. The summed E-state index contributed by atoms with van der Waals surface area (Å²) >= 11 is 4.64. The molecule has 0 saturated carbocycles. The van der Waals surface area contributed by atoms with Gasteiger partial charge in [-0.1, -0.05) is 0 Å². The minimum atomic E-state index is 0.0247. The van der Waals surface area contributed by atoms with E-state index in [0.29, 0.717) is 0 Å². The summed E-state index contributed by atoms with van der Waals surface area (Å²) in [5, 5.41) is 1.06. The number of nitrogens with zero attached hydrogens (tertiary/aromatic N) is 2. The first kappa shape index (κ1) is 13.4. The lowest BCUT2D eigenvalue weighted by Crippen LogP contribution is -2.16. The third kappa shape index (κ3) is 2.84. The first-order valence-corrected chi connectivity index (χ1v) is 7.03. The highest BCUT2D eigenvalue weighted by molar-refractivity contribution is 9.10. The van der Waals surface area contributed by atoms with Crippen molar-refractivity contribution in [1.82, 2.24) is 9.88 Å². The normalized spacial score (nSPS) is 10.7. The fourth-order valence-electron chi connectivity index (χ4n) is 1.62. The van der Waals surface area contributed by atoms with Gasteiger partial charge in [0.15, 0.2) is 0 Å². The minimum Gasteiger partial charge on any atom is -0.339 e. The monoisotopic (exact) mass is 324 g/mol. The number of aryl methyl sites for hydroxylation is 1. The number of benzene rings is 1. The summed E-state index contributed by atoms with van der Waals surface area (Å²) in [5.41, 5.74) is 2.05. The number of fused-ring (bicyclic) bond motifs is 1. The molecule has 0 unspecified atom stereocenters. The Hall–Kier alpha value is -1.07. The average Bonchev–Trinajstić information content (AvgIpc) is 2.27. The summed E-state index contributed by atoms with van der Waals surface area (Å²) in [6.07, 6.45) is 1.78. The van der Waals surface area contributed by atoms with Gasteiger partial charge in [-0.05, 0) is 58.4 Å². The molecule has 0 bridgehead atoms. The lowest BCUT2D eigenvalue weighted by molar-refractivity contribution is 0.241. The second kappa shape index (κ2) is 5.28. The fourth-order valence-corrected chi connectivity index (χ4v) is 2.78. The van der Waals surface area contributed by atoms with Crippen molar-refractivity contribution in [2.45, 2.75) is 11.8 Å². The summed E-state index contributed by atoms with van der Waals surface area (Å²) in [4.78, 5) is 18.6. The molecule has 3 nitrogen and oxygen atoms in total. The topological polar surface area (TPSA) is 33.2 Å². The number of amides is 1. The maximum absolute atomic E-state index is 11.7. The van der Waals surface area contributed by atoms with Gasteiger partial charge in [0.05, 0.1) is 5.52 Å². The van der Waals surface area contributed by atoms with E-state index in [2.05, 4.69) is 20.9 Å². The van der Waals surface area contributed by atoms with Crippen LogP contribution in [-0.4, -0.2) is 29.2 Å². The lowest BCUT2D eigenvalue weighted by Gasteiger charge is -2.10. The molecule has 5 heteroatoms. The second-order valence-electron chi connectivity index (χ2n) is 4.23. The first-order chi connectivity index (χ1) is 8.47. The summed E-state index contributed by atoms with van der Waals surface area (Å²) < 4.78 is 0.940. The van der Waals surface area contributed by atoms with Crippen LogP contribution in [0.4, 0.5) is 4.79 Å². The van der Waals surface area contributed by atoms with Crippen LogP contribution >= 0.6 is 27.7 Å². The molecule has 0 spiro atoms. The maximum Gasteiger partial charge on any atom is 0.285 e. The Balaban J connectivity index is 2.44. The van der Waals surface area contributed by atoms with Gasteiger partial charge in [-0.2, -0.15) is 0 Å². The van der Waals surface area contributed by atoms with E-state index in [4.69, 9.17) is 0 Å². The molecular formula is C13H13BrN2OS. The molecule has 0 fully saturated rings. The zero-order chi connectivity index (χ0) is 13.3. The molecule has 0 aliphatic carbocycles. The molecule has 1 aromatic carbocycles. The predicted octanol–water partition coefficient (Wildman–Crippen LogP) is 4.08. The van der Waals surface area contributed by atoms with Gasteiger partial charge in [-0.15, -0.1) is 0 Å². The number of hydrogen-bond acceptors (Lipinski definition) is 3. The van der Waals surface area contributed by atoms with E-state index in [9.17, 15) is 4.79 Å². The Morgan fingerprint density at radius 3 is 2.72 bits per heavy atom. The van der Waals surface area contributed by atoms with Crippen molar-refractivity contribution in [3.05, 3.63) is 34.4 Å². The van der Waals surface area contributed by atoms with Crippen LogP contribution in [0.1, 0.15) is 5.56 Å². The quantitative estimate of drug-likeness (QED) is 0.741. The van der Waals surface area contributed by atoms with Crippen LogP contribution in [0.15, 0.2) is 33.8 Å². The van der Waals surface area contributed by atoms with Gasteiger partial charge in [-0.3, -0.25) is 9.78 Å². The third-order valence-corrected chi connectivity index (χ3v) is 3.93. The highest BCUT2D eigenvalue weighted by atomic mass is 79.9. The van der Waals surface area contributed by atoms with Crippen molar-refractivity contribution in [2.75, 3.05) is 14.1 Å². The van der Waals surface area contributed by atoms with Crippen molar-refractivity contribution >= 4 is 43.8 Å². The molecule has 2 rings (SSSR count). The van der Waals surface area contributed by atoms with Gasteiger partial charge < -0.3 is 4.90 Å². The third-order valence-electron chi connectivity index (χ3n) is 2.48. The highest BCUT2D eigenvalue weighted by Gasteiger charge is 2.09. The molecule has 94 valence electrons. The number of hydrogen-bond donors (Lipinski definition) is 0. The van der Waals surface area contributed by atoms with E-state index in [0.717, 1.165) is 25.8 Å². The predicted molar refractivity (Wildman–Crippen MR) is 79.1 cm³/mol. The molecule has 1 amide bonds. The van der Waals surface area contributed by atoms with Gasteiger partial charge in [0.1, 0.15) is 0 Å². The Bertz CT molecular complexity index is 613. The second-order valence-corrected chi connectivity index (χ2v) is 6.17. The van der Waals surface area contributed by atoms with E-state index < -0.39 is 0 Å². The Labute approximate surface area is 119 Å². The largest absolute Gasteiger partial charge is 0.339 e. The van der Waals surface area contributed by atoms with Gasteiger partial charge >= 0.3 is 0 Å². The van der Waals surface area contributed by atoms with E-state index in [1.54, 1.807) is 25.2 Å². The van der Waals surface area contributed by atoms with Crippen LogP contribution < -0.4 is 0 Å². The minimum absolute atomic E-state index is 0.0247. The Morgan fingerprint density at radius 1 is 1.33 bits per heavy atom. The molecule has 1 heterocycles. The van der Waals surface area contributed by atoms with Crippen molar-refractivity contribution < 1.29 is 4.79 Å². The van der Waals surface area contributed by atoms with Crippen LogP contribution in [-0.2, 0) is 0 Å². The molecule has 0 atom stereocenters. The first-order valence-electron chi connectivity index (χ1n) is 5.42. The molecule has 0 N–H and O–H groups in total. The lowest BCUT2D eigenvalue weighted by atomic mass is 10.1. The zero-order valence-electron chi connectivity index (χ0n) is 10.4. The zero-order valence-corrected chi connectivity index (χ0v) is 12.8. The van der Waals surface area contributed by atoms with E-state index in [1.165, 1.54) is 11.8 Å². The molecule has 1 aromatic heterocycles. The van der Waals surface area contributed by atoms with Gasteiger partial charge in [-0.25, -0.2) is 0 Å². The summed E-state index contributed by atoms with van der Waals surface area (Å²) in [5.74, 6) is 0. The van der Waals surface area contributed by atoms with Crippen molar-refractivity contribution in [2.24, 2.45) is 0 Å². The smallest absolute Gasteiger partial charge is 0.285 e. The summed E-state index contributed by atoms with van der Waals surface area (Å²) in [6, 6.07) is 6.00. The molecular weight excluding hydrogens is 312 g/mol. The van der Waals surface area contributed by atoms with Crippen molar-refractivity contribution in [3.8, 4) is 0 Å². The van der Waals surface area contributed by atoms with E-state index >= 15 is 0 Å². The number of thioether (sulfide) groups is 1. The van der Waals surface area contributed by atoms with Crippen LogP contribution in [0, 0.1) is 6.92 Å². The van der Waals surface area contributed by atoms with Crippen LogP contribution in [0.3, 0.4) is 0 Å². The standard InChI is InChI=1S/C13H13BrN2OS/c1-8-4-11(18-13(17)16(2)3)6-9-5-10(14)7-15-12(8)9/h4-7H,1-3H3. The number of aromatic nitrogens is 1. The molecule has 0 radical (unpaired) electrons. The molecule has 0 saturated heterocycles. The van der Waals surface area contributed by atoms with Gasteiger partial charge in [0.25, 0.3) is 5.24 Å². The number of halogens is 1.